The zero-order valence-electron chi connectivity index (χ0n) is 13.1. The summed E-state index contributed by atoms with van der Waals surface area (Å²) in [4.78, 5) is 0. The molecule has 2 unspecified atom stereocenters. The summed E-state index contributed by atoms with van der Waals surface area (Å²) >= 11 is 0. The van der Waals surface area contributed by atoms with Crippen LogP contribution in [0.4, 0.5) is 0 Å². The average molecular weight is 298 g/mol. The van der Waals surface area contributed by atoms with Crippen LogP contribution in [-0.2, 0) is 11.8 Å². The molecule has 6 atom stereocenters. The van der Waals surface area contributed by atoms with Crippen LogP contribution in [-0.4, -0.2) is 24.4 Å². The van der Waals surface area contributed by atoms with Gasteiger partial charge in [0.05, 0.1) is 7.11 Å². The normalized spacial score (nSPS) is 43.5. The van der Waals surface area contributed by atoms with E-state index in [1.165, 1.54) is 17.5 Å². The van der Waals surface area contributed by atoms with E-state index in [0.29, 0.717) is 11.8 Å². The molecule has 1 spiro atoms. The third kappa shape index (κ3) is 1.28. The van der Waals surface area contributed by atoms with Crippen molar-refractivity contribution < 1.29 is 14.6 Å². The van der Waals surface area contributed by atoms with Gasteiger partial charge in [0.2, 0.25) is 0 Å². The van der Waals surface area contributed by atoms with Crippen molar-refractivity contribution in [2.75, 3.05) is 7.11 Å². The molecular formula is C19H22O3. The van der Waals surface area contributed by atoms with Crippen molar-refractivity contribution >= 4 is 0 Å². The summed E-state index contributed by atoms with van der Waals surface area (Å²) in [5, 5.41) is 10.6. The molecule has 1 N–H and O–H groups in total. The van der Waals surface area contributed by atoms with Gasteiger partial charge in [-0.2, -0.15) is 0 Å². The van der Waals surface area contributed by atoms with Crippen molar-refractivity contribution in [3.8, 4) is 11.5 Å². The molecule has 3 nitrogen and oxygen atoms in total. The summed E-state index contributed by atoms with van der Waals surface area (Å²) < 4.78 is 11.9. The molecule has 1 heterocycles. The standard InChI is InChI=1S/C19H22O3/c1-10-7-8-19-13-4-5-14(20)18(19)22-17-15(21-2)6-3-11(16(17)19)9-12(10)13/h3-6,10,12-14,18,20H,7-9H2,1-2H3/t10?,12-,13-,14-,18-,19?/m0/s1. The summed E-state index contributed by atoms with van der Waals surface area (Å²) in [5.74, 6) is 3.59. The number of allylic oxidation sites excluding steroid dienone is 1. The number of hydrogen-bond donors (Lipinski definition) is 1. The molecule has 116 valence electrons. The monoisotopic (exact) mass is 298 g/mol. The van der Waals surface area contributed by atoms with Gasteiger partial charge in [-0.1, -0.05) is 25.1 Å². The van der Waals surface area contributed by atoms with E-state index in [-0.39, 0.29) is 11.5 Å². The van der Waals surface area contributed by atoms with Crippen molar-refractivity contribution in [2.45, 2.75) is 43.8 Å². The molecule has 0 saturated heterocycles. The lowest BCUT2D eigenvalue weighted by Gasteiger charge is -2.55. The minimum absolute atomic E-state index is 0.0389. The van der Waals surface area contributed by atoms with Crippen molar-refractivity contribution in [2.24, 2.45) is 17.8 Å². The van der Waals surface area contributed by atoms with Crippen molar-refractivity contribution in [3.05, 3.63) is 35.4 Å². The number of benzene rings is 1. The molecule has 1 fully saturated rings. The minimum atomic E-state index is -0.520. The van der Waals surface area contributed by atoms with Gasteiger partial charge in [-0.3, -0.25) is 0 Å². The first kappa shape index (κ1) is 13.0. The molecule has 1 aliphatic heterocycles. The maximum atomic E-state index is 10.6. The zero-order chi connectivity index (χ0) is 15.1. The van der Waals surface area contributed by atoms with E-state index >= 15 is 0 Å². The van der Waals surface area contributed by atoms with Crippen LogP contribution < -0.4 is 9.47 Å². The third-order valence-electron chi connectivity index (χ3n) is 6.73. The minimum Gasteiger partial charge on any atom is -0.493 e. The quantitative estimate of drug-likeness (QED) is 0.810. The molecule has 1 aromatic rings. The predicted octanol–water partition coefficient (Wildman–Crippen LogP) is 2.84. The van der Waals surface area contributed by atoms with Gasteiger partial charge in [0.25, 0.3) is 0 Å². The summed E-state index contributed by atoms with van der Waals surface area (Å²) in [7, 11) is 1.70. The van der Waals surface area contributed by atoms with Crippen LogP contribution in [0.5, 0.6) is 11.5 Å². The Kier molecular flexibility index (Phi) is 2.41. The van der Waals surface area contributed by atoms with Crippen molar-refractivity contribution in [1.29, 1.82) is 0 Å². The Balaban J connectivity index is 1.82. The molecule has 1 aromatic carbocycles. The van der Waals surface area contributed by atoms with E-state index in [9.17, 15) is 5.11 Å². The van der Waals surface area contributed by atoms with Crippen LogP contribution in [0.3, 0.4) is 0 Å². The van der Waals surface area contributed by atoms with Crippen molar-refractivity contribution in [1.82, 2.24) is 0 Å². The van der Waals surface area contributed by atoms with Crippen LogP contribution in [0, 0.1) is 17.8 Å². The molecule has 0 radical (unpaired) electrons. The molecular weight excluding hydrogens is 276 g/mol. The lowest BCUT2D eigenvalue weighted by Crippen LogP contribution is -2.59. The Morgan fingerprint density at radius 1 is 1.32 bits per heavy atom. The van der Waals surface area contributed by atoms with Crippen molar-refractivity contribution in [3.63, 3.8) is 0 Å². The van der Waals surface area contributed by atoms with Gasteiger partial charge in [0.1, 0.15) is 12.2 Å². The Morgan fingerprint density at radius 2 is 2.18 bits per heavy atom. The summed E-state index contributed by atoms with van der Waals surface area (Å²) in [5.41, 5.74) is 2.71. The second-order valence-corrected chi connectivity index (χ2v) is 7.50. The molecule has 1 saturated carbocycles. The molecule has 2 bridgehead atoms. The first-order valence-corrected chi connectivity index (χ1v) is 8.40. The lowest BCUT2D eigenvalue weighted by molar-refractivity contribution is -0.0401. The van der Waals surface area contributed by atoms with Crippen LogP contribution in [0.15, 0.2) is 24.3 Å². The second kappa shape index (κ2) is 4.08. The lowest BCUT2D eigenvalue weighted by atomic mass is 9.48. The summed E-state index contributed by atoms with van der Waals surface area (Å²) in [6.07, 6.45) is 7.02. The van der Waals surface area contributed by atoms with Crippen LogP contribution in [0.1, 0.15) is 30.9 Å². The fourth-order valence-electron chi connectivity index (χ4n) is 5.75. The Morgan fingerprint density at radius 3 is 3.00 bits per heavy atom. The van der Waals surface area contributed by atoms with Gasteiger partial charge in [0.15, 0.2) is 11.5 Å². The van der Waals surface area contributed by atoms with Gasteiger partial charge in [-0.25, -0.2) is 0 Å². The summed E-state index contributed by atoms with van der Waals surface area (Å²) in [6, 6.07) is 4.25. The highest BCUT2D eigenvalue weighted by atomic mass is 16.5. The van der Waals surface area contributed by atoms with E-state index in [1.807, 2.05) is 12.1 Å². The van der Waals surface area contributed by atoms with E-state index in [4.69, 9.17) is 9.47 Å². The Bertz CT molecular complexity index is 680. The average Bonchev–Trinajstić information content (AvgIpc) is 2.88. The number of ether oxygens (including phenoxy) is 2. The molecule has 0 amide bonds. The topological polar surface area (TPSA) is 38.7 Å². The van der Waals surface area contributed by atoms with Crippen LogP contribution in [0.2, 0.25) is 0 Å². The number of aliphatic hydroxyl groups excluding tert-OH is 1. The van der Waals surface area contributed by atoms with Gasteiger partial charge in [-0.15, -0.1) is 0 Å². The number of aliphatic hydroxyl groups is 1. The molecule has 4 aliphatic rings. The fraction of sp³-hybridized carbons (Fsp3) is 0.579. The Hall–Kier alpha value is -1.48. The van der Waals surface area contributed by atoms with E-state index in [1.54, 1.807) is 7.11 Å². The van der Waals surface area contributed by atoms with E-state index in [0.717, 1.165) is 30.3 Å². The van der Waals surface area contributed by atoms with Crippen LogP contribution in [0.25, 0.3) is 0 Å². The Labute approximate surface area is 130 Å². The zero-order valence-corrected chi connectivity index (χ0v) is 13.1. The fourth-order valence-corrected chi connectivity index (χ4v) is 5.75. The van der Waals surface area contributed by atoms with E-state index < -0.39 is 6.10 Å². The largest absolute Gasteiger partial charge is 0.493 e. The van der Waals surface area contributed by atoms with Gasteiger partial charge in [0, 0.05) is 11.0 Å². The van der Waals surface area contributed by atoms with E-state index in [2.05, 4.69) is 19.1 Å². The number of rotatable bonds is 1. The van der Waals surface area contributed by atoms with Gasteiger partial charge < -0.3 is 14.6 Å². The molecule has 3 aliphatic carbocycles. The highest BCUT2D eigenvalue weighted by Crippen LogP contribution is 2.65. The van der Waals surface area contributed by atoms with Gasteiger partial charge >= 0.3 is 0 Å². The molecule has 22 heavy (non-hydrogen) atoms. The number of hydrogen-bond acceptors (Lipinski definition) is 3. The van der Waals surface area contributed by atoms with Crippen LogP contribution >= 0.6 is 0 Å². The first-order valence-electron chi connectivity index (χ1n) is 8.40. The molecule has 0 aromatic heterocycles. The highest BCUT2D eigenvalue weighted by Gasteiger charge is 2.64. The smallest absolute Gasteiger partial charge is 0.165 e. The van der Waals surface area contributed by atoms with Gasteiger partial charge in [-0.05, 0) is 48.6 Å². The first-order chi connectivity index (χ1) is 10.7. The highest BCUT2D eigenvalue weighted by molar-refractivity contribution is 5.61. The molecule has 5 rings (SSSR count). The third-order valence-corrected chi connectivity index (χ3v) is 6.73. The second-order valence-electron chi connectivity index (χ2n) is 7.50. The summed E-state index contributed by atoms with van der Waals surface area (Å²) in [6.45, 7) is 2.39. The maximum Gasteiger partial charge on any atom is 0.165 e. The number of methoxy groups -OCH3 is 1. The molecule has 3 heteroatoms. The maximum absolute atomic E-state index is 10.6. The SMILES string of the molecule is COc1ccc2c3c1O[C@H]1[C@@H](O)C=C[C@H]4[C@@H](C2)C(C)CCC341. The predicted molar refractivity (Wildman–Crippen MR) is 83.3 cm³/mol.